The first-order valence-electron chi connectivity index (χ1n) is 13.3. The molecule has 5 N–H and O–H groups in total. The lowest BCUT2D eigenvalue weighted by atomic mass is 9.94. The SMILES string of the molecule is Cc1nn(C)cc1CN1CCCC(c2cc(=O)[nH]c(N3CCCCC3)n2)C1.O=C(O)CC(O)(CC(=O)O)C(=O)O. The number of nitrogens with one attached hydrogen (secondary N) is 1. The summed E-state index contributed by atoms with van der Waals surface area (Å²) in [6, 6.07) is 1.71. The second-order valence-electron chi connectivity index (χ2n) is 10.5. The third-order valence-corrected chi connectivity index (χ3v) is 7.12. The number of aryl methyl sites for hydroxylation is 2. The first-order valence-corrected chi connectivity index (χ1v) is 13.3. The zero-order chi connectivity index (χ0) is 29.4. The highest BCUT2D eigenvalue weighted by molar-refractivity contribution is 5.88. The van der Waals surface area contributed by atoms with Crippen molar-refractivity contribution in [1.82, 2.24) is 24.6 Å². The maximum atomic E-state index is 12.3. The van der Waals surface area contributed by atoms with Crippen molar-refractivity contribution in [3.63, 3.8) is 0 Å². The van der Waals surface area contributed by atoms with Crippen LogP contribution in [0.1, 0.15) is 67.8 Å². The van der Waals surface area contributed by atoms with Crippen molar-refractivity contribution in [2.75, 3.05) is 31.1 Å². The molecule has 2 aromatic rings. The van der Waals surface area contributed by atoms with Gasteiger partial charge in [0.2, 0.25) is 5.95 Å². The van der Waals surface area contributed by atoms with Crippen molar-refractivity contribution >= 4 is 23.9 Å². The van der Waals surface area contributed by atoms with Crippen LogP contribution in [-0.4, -0.2) is 94.8 Å². The van der Waals surface area contributed by atoms with Crippen molar-refractivity contribution in [3.8, 4) is 0 Å². The second-order valence-corrected chi connectivity index (χ2v) is 10.5. The van der Waals surface area contributed by atoms with Crippen LogP contribution < -0.4 is 10.5 Å². The number of hydrogen-bond acceptors (Lipinski definition) is 9. The van der Waals surface area contributed by atoms with E-state index in [2.05, 4.69) is 33.0 Å². The summed E-state index contributed by atoms with van der Waals surface area (Å²) in [5.74, 6) is -3.94. The molecule has 0 radical (unpaired) electrons. The zero-order valence-electron chi connectivity index (χ0n) is 22.9. The van der Waals surface area contributed by atoms with Gasteiger partial charge in [-0.1, -0.05) is 0 Å². The van der Waals surface area contributed by atoms with Crippen LogP contribution in [0.3, 0.4) is 0 Å². The molecule has 2 aliphatic heterocycles. The van der Waals surface area contributed by atoms with Gasteiger partial charge in [-0.25, -0.2) is 9.78 Å². The van der Waals surface area contributed by atoms with Crippen LogP contribution in [0.4, 0.5) is 5.95 Å². The normalized spacial score (nSPS) is 18.1. The Bertz CT molecular complexity index is 1240. The van der Waals surface area contributed by atoms with E-state index in [0.717, 1.165) is 62.9 Å². The zero-order valence-corrected chi connectivity index (χ0v) is 22.9. The summed E-state index contributed by atoms with van der Waals surface area (Å²) in [6.45, 7) is 7.00. The van der Waals surface area contributed by atoms with Gasteiger partial charge in [-0.05, 0) is 45.6 Å². The van der Waals surface area contributed by atoms with E-state index in [4.69, 9.17) is 25.4 Å². The van der Waals surface area contributed by atoms with E-state index in [9.17, 15) is 19.2 Å². The van der Waals surface area contributed by atoms with E-state index in [1.807, 2.05) is 11.7 Å². The number of carboxylic acid groups (broad SMARTS) is 3. The molecule has 14 nitrogen and oxygen atoms in total. The molecule has 4 rings (SSSR count). The highest BCUT2D eigenvalue weighted by Gasteiger charge is 2.40. The predicted octanol–water partition coefficient (Wildman–Crippen LogP) is 0.933. The summed E-state index contributed by atoms with van der Waals surface area (Å²) in [7, 11) is 1.97. The van der Waals surface area contributed by atoms with E-state index < -0.39 is 36.4 Å². The molecule has 2 saturated heterocycles. The average molecular weight is 563 g/mol. The van der Waals surface area contributed by atoms with Crippen LogP contribution in [0.5, 0.6) is 0 Å². The molecule has 2 aromatic heterocycles. The van der Waals surface area contributed by atoms with Crippen LogP contribution in [-0.2, 0) is 28.0 Å². The number of piperidine rings is 2. The Morgan fingerprint density at radius 2 is 1.70 bits per heavy atom. The van der Waals surface area contributed by atoms with Crippen LogP contribution in [0.15, 0.2) is 17.1 Å². The van der Waals surface area contributed by atoms with Gasteiger partial charge in [-0.3, -0.25) is 28.9 Å². The van der Waals surface area contributed by atoms with E-state index in [1.54, 1.807) is 6.07 Å². The van der Waals surface area contributed by atoms with Gasteiger partial charge >= 0.3 is 17.9 Å². The summed E-state index contributed by atoms with van der Waals surface area (Å²) >= 11 is 0. The summed E-state index contributed by atoms with van der Waals surface area (Å²) in [5.41, 5.74) is 0.567. The molecular formula is C26H38N6O8. The van der Waals surface area contributed by atoms with Crippen LogP contribution in [0, 0.1) is 6.92 Å². The fourth-order valence-corrected chi connectivity index (χ4v) is 5.13. The van der Waals surface area contributed by atoms with Gasteiger partial charge in [0.1, 0.15) is 0 Å². The fourth-order valence-electron chi connectivity index (χ4n) is 5.13. The molecule has 0 bridgehead atoms. The van der Waals surface area contributed by atoms with Crippen molar-refractivity contribution in [1.29, 1.82) is 0 Å². The molecule has 40 heavy (non-hydrogen) atoms. The third-order valence-electron chi connectivity index (χ3n) is 7.12. The number of carbonyl (C=O) groups is 3. The number of hydrogen-bond donors (Lipinski definition) is 5. The number of nitrogens with zero attached hydrogens (tertiary/aromatic N) is 5. The summed E-state index contributed by atoms with van der Waals surface area (Å²) in [4.78, 5) is 55.3. The largest absolute Gasteiger partial charge is 0.481 e. The Morgan fingerprint density at radius 3 is 2.25 bits per heavy atom. The molecule has 2 aliphatic rings. The van der Waals surface area contributed by atoms with E-state index in [-0.39, 0.29) is 5.56 Å². The molecule has 2 fully saturated rings. The van der Waals surface area contributed by atoms with Gasteiger partial charge in [0.25, 0.3) is 5.56 Å². The smallest absolute Gasteiger partial charge is 0.336 e. The fraction of sp³-hybridized carbons (Fsp3) is 0.615. The quantitative estimate of drug-likeness (QED) is 0.290. The molecular weight excluding hydrogens is 524 g/mol. The minimum Gasteiger partial charge on any atom is -0.481 e. The maximum Gasteiger partial charge on any atom is 0.336 e. The molecule has 14 heteroatoms. The number of aliphatic carboxylic acids is 3. The number of H-pyrrole nitrogens is 1. The molecule has 0 saturated carbocycles. The number of aliphatic hydroxyl groups is 1. The first kappa shape index (κ1) is 30.8. The van der Waals surface area contributed by atoms with E-state index >= 15 is 0 Å². The Kier molecular flexibility index (Phi) is 10.4. The molecule has 220 valence electrons. The lowest BCUT2D eigenvalue weighted by Crippen LogP contribution is -2.42. The van der Waals surface area contributed by atoms with E-state index in [0.29, 0.717) is 5.92 Å². The van der Waals surface area contributed by atoms with Gasteiger partial charge in [0.05, 0.1) is 24.2 Å². The van der Waals surface area contributed by atoms with Gasteiger partial charge in [-0.15, -0.1) is 0 Å². The molecule has 0 aliphatic carbocycles. The Labute approximate surface area is 231 Å². The number of anilines is 1. The van der Waals surface area contributed by atoms with Crippen LogP contribution in [0.25, 0.3) is 0 Å². The second kappa shape index (κ2) is 13.5. The predicted molar refractivity (Wildman–Crippen MR) is 143 cm³/mol. The molecule has 4 heterocycles. The van der Waals surface area contributed by atoms with Gasteiger partial charge in [0, 0.05) is 57.0 Å². The summed E-state index contributed by atoms with van der Waals surface area (Å²) < 4.78 is 1.88. The highest BCUT2D eigenvalue weighted by Crippen LogP contribution is 2.27. The molecule has 0 amide bonds. The van der Waals surface area contributed by atoms with Crippen molar-refractivity contribution < 1.29 is 34.8 Å². The highest BCUT2D eigenvalue weighted by atomic mass is 16.4. The number of rotatable bonds is 9. The minimum atomic E-state index is -2.74. The van der Waals surface area contributed by atoms with Crippen LogP contribution in [0.2, 0.25) is 0 Å². The maximum absolute atomic E-state index is 12.3. The van der Waals surface area contributed by atoms with Crippen molar-refractivity contribution in [2.45, 2.75) is 69.9 Å². The molecule has 1 atom stereocenters. The average Bonchev–Trinajstić information content (AvgIpc) is 3.19. The summed E-state index contributed by atoms with van der Waals surface area (Å²) in [5, 5.41) is 38.3. The monoisotopic (exact) mass is 562 g/mol. The van der Waals surface area contributed by atoms with E-state index in [1.165, 1.54) is 24.8 Å². The lowest BCUT2D eigenvalue weighted by Gasteiger charge is -2.33. The lowest BCUT2D eigenvalue weighted by molar-refractivity contribution is -0.170. The van der Waals surface area contributed by atoms with Crippen molar-refractivity contribution in [2.24, 2.45) is 7.05 Å². The van der Waals surface area contributed by atoms with Crippen LogP contribution >= 0.6 is 0 Å². The van der Waals surface area contributed by atoms with Gasteiger partial charge in [-0.2, -0.15) is 5.10 Å². The van der Waals surface area contributed by atoms with Gasteiger partial charge < -0.3 is 25.3 Å². The molecule has 1 unspecified atom stereocenters. The molecule has 0 aromatic carbocycles. The number of likely N-dealkylation sites (tertiary alicyclic amines) is 1. The van der Waals surface area contributed by atoms with Gasteiger partial charge in [0.15, 0.2) is 5.60 Å². The molecule has 0 spiro atoms. The Balaban J connectivity index is 0.000000289. The standard InChI is InChI=1S/C20H30N6O.C6H8O7/c1-15-17(12-24(2)23-15)14-25-8-6-7-16(13-25)18-11-19(27)22-20(21-18)26-9-4-3-5-10-26;7-3(8)1-6(13,5(11)12)2-4(9)10/h11-12,16H,3-10,13-14H2,1-2H3,(H,21,22,27);13H,1-2H2,(H,7,8)(H,9,10)(H,11,12). The number of aromatic amines is 1. The van der Waals surface area contributed by atoms with Crippen molar-refractivity contribution in [3.05, 3.63) is 39.6 Å². The first-order chi connectivity index (χ1) is 18.9. The number of aromatic nitrogens is 4. The topological polar surface area (TPSA) is 202 Å². The Morgan fingerprint density at radius 1 is 1.05 bits per heavy atom. The Hall–Kier alpha value is -3.78. The minimum absolute atomic E-state index is 0.0270. The number of carboxylic acids is 3. The summed E-state index contributed by atoms with van der Waals surface area (Å²) in [6.07, 6.45) is 5.68. The third kappa shape index (κ3) is 8.61.